The van der Waals surface area contributed by atoms with Crippen LogP contribution in [-0.4, -0.2) is 52.4 Å². The molecule has 0 aliphatic heterocycles. The summed E-state index contributed by atoms with van der Waals surface area (Å²) >= 11 is 0. The summed E-state index contributed by atoms with van der Waals surface area (Å²) in [5.41, 5.74) is 5.88. The lowest BCUT2D eigenvalue weighted by atomic mass is 9.94. The molecule has 2 fully saturated rings. The van der Waals surface area contributed by atoms with Crippen LogP contribution in [0.4, 0.5) is 4.79 Å². The van der Waals surface area contributed by atoms with Crippen molar-refractivity contribution in [3.63, 3.8) is 0 Å². The van der Waals surface area contributed by atoms with E-state index in [-0.39, 0.29) is 30.8 Å². The highest BCUT2D eigenvalue weighted by Crippen LogP contribution is 2.36. The maximum Gasteiger partial charge on any atom is 0.408 e. The van der Waals surface area contributed by atoms with E-state index in [0.29, 0.717) is 11.1 Å². The smallest absolute Gasteiger partial charge is 0.408 e. The van der Waals surface area contributed by atoms with Gasteiger partial charge in [0.15, 0.2) is 0 Å². The fraction of sp³-hybridized carbons (Fsp3) is 0.586. The molecule has 0 saturated heterocycles. The highest BCUT2D eigenvalue weighted by Gasteiger charge is 2.44. The van der Waals surface area contributed by atoms with E-state index < -0.39 is 35.6 Å². The van der Waals surface area contributed by atoms with Gasteiger partial charge >= 0.3 is 6.09 Å². The van der Waals surface area contributed by atoms with Gasteiger partial charge in [-0.15, -0.1) is 6.42 Å². The van der Waals surface area contributed by atoms with Gasteiger partial charge in [-0.05, 0) is 70.6 Å². The number of amides is 4. The number of nitrogens with two attached hydrogens (primary N) is 1. The lowest BCUT2D eigenvalue weighted by molar-refractivity contribution is -0.143. The van der Waals surface area contributed by atoms with E-state index in [1.165, 1.54) is 0 Å². The quantitative estimate of drug-likeness (QED) is 0.404. The molecule has 3 rings (SSSR count). The number of carbonyl (C=O) groups is 4. The topological polar surface area (TPSA) is 131 Å². The van der Waals surface area contributed by atoms with Crippen LogP contribution in [0.5, 0.6) is 0 Å². The largest absolute Gasteiger partial charge is 0.444 e. The van der Waals surface area contributed by atoms with E-state index in [1.807, 2.05) is 0 Å². The molecule has 206 valence electrons. The molecule has 4 N–H and O–H groups in total. The Balaban J connectivity index is 1.94. The number of ether oxygens (including phenoxy) is 1. The molecule has 0 heterocycles. The van der Waals surface area contributed by atoms with Crippen LogP contribution in [0, 0.1) is 12.3 Å². The molecule has 2 aliphatic carbocycles. The summed E-state index contributed by atoms with van der Waals surface area (Å²) in [4.78, 5) is 53.6. The minimum atomic E-state index is -1.09. The number of nitrogens with zero attached hydrogens (tertiary/aromatic N) is 1. The van der Waals surface area contributed by atoms with Gasteiger partial charge < -0.3 is 26.0 Å². The first kappa shape index (κ1) is 29.0. The molecule has 4 amide bonds. The van der Waals surface area contributed by atoms with Gasteiger partial charge in [0.05, 0.1) is 0 Å². The third kappa shape index (κ3) is 8.51. The molecule has 0 aromatic heterocycles. The second kappa shape index (κ2) is 12.8. The van der Waals surface area contributed by atoms with Crippen LogP contribution >= 0.6 is 0 Å². The van der Waals surface area contributed by atoms with E-state index in [0.717, 1.165) is 44.9 Å². The van der Waals surface area contributed by atoms with E-state index in [2.05, 4.69) is 16.6 Å². The predicted octanol–water partition coefficient (Wildman–Crippen LogP) is 3.31. The summed E-state index contributed by atoms with van der Waals surface area (Å²) < 4.78 is 5.36. The number of rotatable bonds is 10. The van der Waals surface area contributed by atoms with E-state index in [1.54, 1.807) is 49.9 Å². The van der Waals surface area contributed by atoms with Crippen molar-refractivity contribution in [1.29, 1.82) is 0 Å². The minimum Gasteiger partial charge on any atom is -0.444 e. The summed E-state index contributed by atoms with van der Waals surface area (Å²) in [5.74, 6) is 1.26. The zero-order valence-electron chi connectivity index (χ0n) is 22.6. The van der Waals surface area contributed by atoms with Gasteiger partial charge in [-0.25, -0.2) is 4.79 Å². The third-order valence-corrected chi connectivity index (χ3v) is 6.73. The second-order valence-corrected chi connectivity index (χ2v) is 11.2. The molecule has 1 aromatic carbocycles. The van der Waals surface area contributed by atoms with E-state index in [4.69, 9.17) is 16.9 Å². The van der Waals surface area contributed by atoms with Crippen molar-refractivity contribution in [2.75, 3.05) is 0 Å². The van der Waals surface area contributed by atoms with Crippen LogP contribution < -0.4 is 16.4 Å². The maximum absolute atomic E-state index is 14.1. The Hall–Kier alpha value is -3.54. The SMILES string of the molecule is C#Cc1ccc(C(C(=O)NC2CCCCC2)N(C(=O)C(CCC(N)=O)NC(=O)OC(C)(C)C)C2CC2)cc1. The van der Waals surface area contributed by atoms with Crippen molar-refractivity contribution in [2.24, 2.45) is 5.73 Å². The highest BCUT2D eigenvalue weighted by molar-refractivity contribution is 5.93. The van der Waals surface area contributed by atoms with Crippen molar-refractivity contribution < 1.29 is 23.9 Å². The lowest BCUT2D eigenvalue weighted by Gasteiger charge is -2.36. The van der Waals surface area contributed by atoms with Crippen molar-refractivity contribution in [2.45, 2.75) is 108 Å². The van der Waals surface area contributed by atoms with E-state index in [9.17, 15) is 19.2 Å². The van der Waals surface area contributed by atoms with E-state index >= 15 is 0 Å². The van der Waals surface area contributed by atoms with Crippen molar-refractivity contribution >= 4 is 23.8 Å². The number of hydrogen-bond acceptors (Lipinski definition) is 5. The average Bonchev–Trinajstić information content (AvgIpc) is 3.69. The number of primary amides is 1. The molecular formula is C29H40N4O5. The molecule has 2 saturated carbocycles. The average molecular weight is 525 g/mol. The third-order valence-electron chi connectivity index (χ3n) is 6.73. The fourth-order valence-corrected chi connectivity index (χ4v) is 4.77. The molecule has 1 aromatic rings. The normalized spacial score (nSPS) is 17.4. The summed E-state index contributed by atoms with van der Waals surface area (Å²) in [6.45, 7) is 5.15. The Morgan fingerprint density at radius 2 is 1.71 bits per heavy atom. The van der Waals surface area contributed by atoms with Crippen LogP contribution in [0.25, 0.3) is 0 Å². The molecule has 2 unspecified atom stereocenters. The van der Waals surface area contributed by atoms with Crippen LogP contribution in [0.15, 0.2) is 24.3 Å². The zero-order valence-corrected chi connectivity index (χ0v) is 22.6. The number of hydrogen-bond donors (Lipinski definition) is 3. The van der Waals surface area contributed by atoms with Crippen LogP contribution in [0.1, 0.15) is 95.7 Å². The Kier molecular flexibility index (Phi) is 9.78. The van der Waals surface area contributed by atoms with Crippen LogP contribution in [0.2, 0.25) is 0 Å². The molecule has 38 heavy (non-hydrogen) atoms. The Morgan fingerprint density at radius 1 is 1.08 bits per heavy atom. The number of benzene rings is 1. The van der Waals surface area contributed by atoms with Crippen LogP contribution in [0.3, 0.4) is 0 Å². The standard InChI is InChI=1S/C29H40N4O5/c1-5-19-11-13-20(14-12-19)25(26(35)31-21-9-7-6-8-10-21)33(22-15-16-22)27(36)23(17-18-24(30)34)32-28(37)38-29(2,3)4/h1,11-14,21-23,25H,6-10,15-18H2,2-4H3,(H2,30,34)(H,31,35)(H,32,37). The molecule has 2 atom stereocenters. The predicted molar refractivity (Wildman–Crippen MR) is 144 cm³/mol. The minimum absolute atomic E-state index is 0.0103. The number of alkyl carbamates (subject to hydrolysis) is 1. The maximum atomic E-state index is 14.1. The molecule has 0 radical (unpaired) electrons. The molecule has 9 heteroatoms. The number of nitrogens with one attached hydrogen (secondary N) is 2. The lowest BCUT2D eigenvalue weighted by Crippen LogP contribution is -2.54. The molecule has 0 bridgehead atoms. The van der Waals surface area contributed by atoms with Crippen LogP contribution in [-0.2, 0) is 19.1 Å². The molecule has 9 nitrogen and oxygen atoms in total. The first-order chi connectivity index (χ1) is 18.0. The monoisotopic (exact) mass is 524 g/mol. The number of carbonyl (C=O) groups excluding carboxylic acids is 4. The Morgan fingerprint density at radius 3 is 2.24 bits per heavy atom. The van der Waals surface area contributed by atoms with Gasteiger partial charge in [-0.3, -0.25) is 14.4 Å². The van der Waals surface area contributed by atoms with Crippen molar-refractivity contribution in [1.82, 2.24) is 15.5 Å². The summed E-state index contributed by atoms with van der Waals surface area (Å²) in [5, 5.41) is 5.78. The first-order valence-corrected chi connectivity index (χ1v) is 13.5. The van der Waals surface area contributed by atoms with Gasteiger partial charge in [-0.1, -0.05) is 37.3 Å². The van der Waals surface area contributed by atoms with Gasteiger partial charge in [0.1, 0.15) is 17.7 Å². The Bertz CT molecular complexity index is 1050. The highest BCUT2D eigenvalue weighted by atomic mass is 16.6. The van der Waals surface area contributed by atoms with Gasteiger partial charge in [0, 0.05) is 24.1 Å². The summed E-state index contributed by atoms with van der Waals surface area (Å²) in [6, 6.07) is 4.89. The zero-order chi connectivity index (χ0) is 27.9. The van der Waals surface area contributed by atoms with Gasteiger partial charge in [0.2, 0.25) is 17.7 Å². The molecule has 0 spiro atoms. The summed E-state index contributed by atoms with van der Waals surface area (Å²) in [6.07, 6.45) is 11.1. The summed E-state index contributed by atoms with van der Waals surface area (Å²) in [7, 11) is 0. The Labute approximate surface area is 225 Å². The van der Waals surface area contributed by atoms with Gasteiger partial charge in [-0.2, -0.15) is 0 Å². The molecule has 2 aliphatic rings. The van der Waals surface area contributed by atoms with Gasteiger partial charge in [0.25, 0.3) is 0 Å². The molecular weight excluding hydrogens is 484 g/mol. The second-order valence-electron chi connectivity index (χ2n) is 11.2. The van der Waals surface area contributed by atoms with Crippen molar-refractivity contribution in [3.8, 4) is 12.3 Å². The fourth-order valence-electron chi connectivity index (χ4n) is 4.77. The number of terminal acetylenes is 1. The van der Waals surface area contributed by atoms with Crippen molar-refractivity contribution in [3.05, 3.63) is 35.4 Å². The first-order valence-electron chi connectivity index (χ1n) is 13.5.